The van der Waals surface area contributed by atoms with Gasteiger partial charge in [0.05, 0.1) is 12.6 Å². The third kappa shape index (κ3) is 3.86. The third-order valence-corrected chi connectivity index (χ3v) is 3.04. The van der Waals surface area contributed by atoms with Crippen molar-refractivity contribution < 1.29 is 4.74 Å². The number of nitrogens with zero attached hydrogens (tertiary/aromatic N) is 2. The lowest BCUT2D eigenvalue weighted by molar-refractivity contribution is 0.181. The lowest BCUT2D eigenvalue weighted by Gasteiger charge is -2.29. The molecule has 0 aliphatic heterocycles. The number of aryl methyl sites for hydroxylation is 1. The molecule has 3 nitrogen and oxygen atoms in total. The Kier molecular flexibility index (Phi) is 5.72. The van der Waals surface area contributed by atoms with Gasteiger partial charge in [0, 0.05) is 25.2 Å². The van der Waals surface area contributed by atoms with Crippen molar-refractivity contribution in [2.24, 2.45) is 0 Å². The number of alkyl halides is 1. The molecule has 1 aromatic rings. The average molecular weight is 257 g/mol. The van der Waals surface area contributed by atoms with E-state index in [-0.39, 0.29) is 0 Å². The second-order valence-corrected chi connectivity index (χ2v) is 4.47. The molecule has 4 heteroatoms. The molecule has 0 aromatic carbocycles. The molecular weight excluding hydrogens is 236 g/mol. The number of likely N-dealkylation sites (N-methyl/N-ethyl adjacent to an activating group) is 1. The molecule has 0 amide bonds. The van der Waals surface area contributed by atoms with Crippen molar-refractivity contribution in [1.29, 1.82) is 0 Å². The van der Waals surface area contributed by atoms with E-state index in [9.17, 15) is 0 Å². The fourth-order valence-electron chi connectivity index (χ4n) is 1.98. The van der Waals surface area contributed by atoms with Crippen molar-refractivity contribution in [3.8, 4) is 0 Å². The van der Waals surface area contributed by atoms with Crippen molar-refractivity contribution in [2.75, 3.05) is 25.2 Å². The molecule has 1 aromatic heterocycles. The van der Waals surface area contributed by atoms with Gasteiger partial charge in [-0.25, -0.2) is 4.98 Å². The van der Waals surface area contributed by atoms with Crippen LogP contribution < -0.4 is 4.90 Å². The Balaban J connectivity index is 2.98. The van der Waals surface area contributed by atoms with Crippen LogP contribution in [0.1, 0.15) is 25.1 Å². The predicted octanol–water partition coefficient (Wildman–Crippen LogP) is 2.99. The first-order valence-electron chi connectivity index (χ1n) is 5.91. The largest absolute Gasteiger partial charge is 0.383 e. The Hall–Kier alpha value is -0.800. The van der Waals surface area contributed by atoms with E-state index in [0.29, 0.717) is 18.5 Å². The van der Waals surface area contributed by atoms with Crippen molar-refractivity contribution in [2.45, 2.75) is 32.7 Å². The lowest BCUT2D eigenvalue weighted by Crippen LogP contribution is -2.36. The molecule has 1 unspecified atom stereocenters. The molecular formula is C13H21ClN2O. The van der Waals surface area contributed by atoms with Gasteiger partial charge in [-0.3, -0.25) is 0 Å². The average Bonchev–Trinajstić information content (AvgIpc) is 2.29. The maximum absolute atomic E-state index is 5.89. The molecule has 17 heavy (non-hydrogen) atoms. The predicted molar refractivity (Wildman–Crippen MR) is 72.9 cm³/mol. The molecule has 1 atom stereocenters. The highest BCUT2D eigenvalue weighted by atomic mass is 35.5. The van der Waals surface area contributed by atoms with Crippen molar-refractivity contribution >= 4 is 17.4 Å². The molecule has 0 saturated carbocycles. The minimum absolute atomic E-state index is 0.308. The van der Waals surface area contributed by atoms with Crippen LogP contribution in [0.2, 0.25) is 0 Å². The summed E-state index contributed by atoms with van der Waals surface area (Å²) < 4.78 is 5.20. The van der Waals surface area contributed by atoms with E-state index < -0.39 is 0 Å². The maximum atomic E-state index is 5.89. The number of hydrogen-bond donors (Lipinski definition) is 0. The first-order chi connectivity index (χ1) is 8.12. The molecule has 1 rings (SSSR count). The van der Waals surface area contributed by atoms with Crippen LogP contribution in [0.3, 0.4) is 0 Å². The molecule has 0 N–H and O–H groups in total. The Morgan fingerprint density at radius 1 is 1.47 bits per heavy atom. The second kappa shape index (κ2) is 6.82. The summed E-state index contributed by atoms with van der Waals surface area (Å²) in [5.41, 5.74) is 2.11. The first kappa shape index (κ1) is 14.3. The van der Waals surface area contributed by atoms with Crippen LogP contribution in [-0.4, -0.2) is 31.3 Å². The minimum atomic E-state index is 0.308. The van der Waals surface area contributed by atoms with Gasteiger partial charge in [0.2, 0.25) is 0 Å². The Morgan fingerprint density at radius 3 is 2.71 bits per heavy atom. The maximum Gasteiger partial charge on any atom is 0.129 e. The highest BCUT2D eigenvalue weighted by molar-refractivity contribution is 6.17. The number of anilines is 1. The van der Waals surface area contributed by atoms with Gasteiger partial charge in [-0.2, -0.15) is 0 Å². The number of methoxy groups -OCH3 is 1. The van der Waals surface area contributed by atoms with Crippen LogP contribution in [0, 0.1) is 6.92 Å². The standard InChI is InChI=1S/C13H21ClN2O/c1-5-16(11(3)9-17-4)13-7-12(8-14)6-10(2)15-13/h6-7,11H,5,8-9H2,1-4H3. The smallest absolute Gasteiger partial charge is 0.129 e. The van der Waals surface area contributed by atoms with Gasteiger partial charge < -0.3 is 9.64 Å². The molecule has 0 radical (unpaired) electrons. The molecule has 1 heterocycles. The van der Waals surface area contributed by atoms with Gasteiger partial charge in [-0.15, -0.1) is 11.6 Å². The van der Waals surface area contributed by atoms with Crippen LogP contribution in [0.25, 0.3) is 0 Å². The molecule has 0 aliphatic carbocycles. The van der Waals surface area contributed by atoms with Gasteiger partial charge in [-0.05, 0) is 38.5 Å². The molecule has 0 bridgehead atoms. The van der Waals surface area contributed by atoms with Crippen LogP contribution in [-0.2, 0) is 10.6 Å². The molecule has 0 saturated heterocycles. The molecule has 0 spiro atoms. The Morgan fingerprint density at radius 2 is 2.18 bits per heavy atom. The highest BCUT2D eigenvalue weighted by Crippen LogP contribution is 2.18. The van der Waals surface area contributed by atoms with Crippen molar-refractivity contribution in [3.05, 3.63) is 23.4 Å². The third-order valence-electron chi connectivity index (χ3n) is 2.73. The Labute approximate surface area is 109 Å². The minimum Gasteiger partial charge on any atom is -0.383 e. The Bertz CT molecular complexity index is 357. The van der Waals surface area contributed by atoms with E-state index >= 15 is 0 Å². The summed E-state index contributed by atoms with van der Waals surface area (Å²) in [6.07, 6.45) is 0. The quantitative estimate of drug-likeness (QED) is 0.732. The number of rotatable bonds is 6. The van der Waals surface area contributed by atoms with Crippen molar-refractivity contribution in [3.63, 3.8) is 0 Å². The number of halogens is 1. The van der Waals surface area contributed by atoms with E-state index in [2.05, 4.69) is 29.8 Å². The zero-order valence-corrected chi connectivity index (χ0v) is 11.8. The van der Waals surface area contributed by atoms with Gasteiger partial charge in [0.15, 0.2) is 0 Å². The van der Waals surface area contributed by atoms with Gasteiger partial charge in [0.1, 0.15) is 5.82 Å². The number of aromatic nitrogens is 1. The molecule has 0 aliphatic rings. The van der Waals surface area contributed by atoms with Crippen LogP contribution in [0.4, 0.5) is 5.82 Å². The number of ether oxygens (including phenoxy) is 1. The summed E-state index contributed by atoms with van der Waals surface area (Å²) >= 11 is 5.89. The summed E-state index contributed by atoms with van der Waals surface area (Å²) in [5, 5.41) is 0. The molecule has 96 valence electrons. The normalized spacial score (nSPS) is 12.5. The van der Waals surface area contributed by atoms with Gasteiger partial charge in [-0.1, -0.05) is 0 Å². The fraction of sp³-hybridized carbons (Fsp3) is 0.615. The SMILES string of the molecule is CCN(c1cc(CCl)cc(C)n1)C(C)COC. The summed E-state index contributed by atoms with van der Waals surface area (Å²) in [4.78, 5) is 6.80. The zero-order valence-electron chi connectivity index (χ0n) is 11.0. The van der Waals surface area contributed by atoms with Crippen LogP contribution in [0.15, 0.2) is 12.1 Å². The zero-order chi connectivity index (χ0) is 12.8. The summed E-state index contributed by atoms with van der Waals surface area (Å²) in [6.45, 7) is 7.85. The van der Waals surface area contributed by atoms with E-state index in [4.69, 9.17) is 16.3 Å². The summed E-state index contributed by atoms with van der Waals surface area (Å²) in [5.74, 6) is 1.50. The van der Waals surface area contributed by atoms with E-state index in [1.54, 1.807) is 7.11 Å². The van der Waals surface area contributed by atoms with Crippen molar-refractivity contribution in [1.82, 2.24) is 4.98 Å². The monoisotopic (exact) mass is 256 g/mol. The van der Waals surface area contributed by atoms with Crippen LogP contribution >= 0.6 is 11.6 Å². The topological polar surface area (TPSA) is 25.4 Å². The number of hydrogen-bond acceptors (Lipinski definition) is 3. The lowest BCUT2D eigenvalue weighted by atomic mass is 10.2. The number of pyridine rings is 1. The van der Waals surface area contributed by atoms with E-state index in [1.807, 2.05) is 13.0 Å². The highest BCUT2D eigenvalue weighted by Gasteiger charge is 2.14. The van der Waals surface area contributed by atoms with Gasteiger partial charge >= 0.3 is 0 Å². The second-order valence-electron chi connectivity index (χ2n) is 4.20. The fourth-order valence-corrected chi connectivity index (χ4v) is 2.13. The summed E-state index contributed by atoms with van der Waals surface area (Å²) in [7, 11) is 1.72. The summed E-state index contributed by atoms with van der Waals surface area (Å²) in [6, 6.07) is 4.38. The van der Waals surface area contributed by atoms with E-state index in [0.717, 1.165) is 23.6 Å². The van der Waals surface area contributed by atoms with Crippen LogP contribution in [0.5, 0.6) is 0 Å². The molecule has 0 fully saturated rings. The van der Waals surface area contributed by atoms with E-state index in [1.165, 1.54) is 0 Å². The van der Waals surface area contributed by atoms with Gasteiger partial charge in [0.25, 0.3) is 0 Å². The first-order valence-corrected chi connectivity index (χ1v) is 6.44.